The van der Waals surface area contributed by atoms with Gasteiger partial charge in [0.2, 0.25) is 0 Å². The van der Waals surface area contributed by atoms with E-state index in [1.807, 2.05) is 62.4 Å². The maximum absolute atomic E-state index is 5.61. The maximum Gasteiger partial charge on any atom is 1.00 e. The molecule has 0 saturated heterocycles. The van der Waals surface area contributed by atoms with E-state index in [-0.39, 0.29) is 29.6 Å². The van der Waals surface area contributed by atoms with Crippen molar-refractivity contribution >= 4 is 29.7 Å². The molecule has 2 aromatic rings. The molecule has 0 radical (unpaired) electrons. The minimum atomic E-state index is -2.75. The number of aryl methyl sites for hydroxylation is 2. The van der Waals surface area contributed by atoms with Crippen molar-refractivity contribution in [1.82, 2.24) is 0 Å². The van der Waals surface area contributed by atoms with E-state index in [0.717, 1.165) is 11.1 Å². The van der Waals surface area contributed by atoms with Gasteiger partial charge >= 0.3 is 29.6 Å². The standard InChI is InChI=1S/C14H15O2PS2.Na/c1-11-3-7-13(8-4-11)15-17(18,19)16-14-9-5-12(2)6-10-14;/h3-10H,1-2H3,(H,18,19);/q;+1/p-1. The fraction of sp³-hybridized carbons (Fsp3) is 0.143. The number of benzene rings is 2. The zero-order valence-electron chi connectivity index (χ0n) is 11.7. The first-order valence-corrected chi connectivity index (χ1v) is 9.43. The van der Waals surface area contributed by atoms with Gasteiger partial charge < -0.3 is 21.3 Å². The van der Waals surface area contributed by atoms with Crippen molar-refractivity contribution in [3.05, 3.63) is 59.7 Å². The third-order valence-corrected chi connectivity index (χ3v) is 4.24. The van der Waals surface area contributed by atoms with Crippen molar-refractivity contribution < 1.29 is 38.6 Å². The van der Waals surface area contributed by atoms with Crippen molar-refractivity contribution in [3.8, 4) is 11.5 Å². The van der Waals surface area contributed by atoms with Crippen molar-refractivity contribution in [2.45, 2.75) is 13.8 Å². The molecule has 0 fully saturated rings. The topological polar surface area (TPSA) is 18.5 Å². The zero-order chi connectivity index (χ0) is 13.9. The summed E-state index contributed by atoms with van der Waals surface area (Å²) >= 11 is 10.5. The number of hydrogen-bond acceptors (Lipinski definition) is 4. The zero-order valence-corrected chi connectivity index (χ0v) is 16.2. The van der Waals surface area contributed by atoms with Crippen molar-refractivity contribution in [1.29, 1.82) is 0 Å². The van der Waals surface area contributed by atoms with E-state index in [9.17, 15) is 0 Å². The molecule has 0 aliphatic heterocycles. The summed E-state index contributed by atoms with van der Waals surface area (Å²) < 4.78 is 11.2. The Balaban J connectivity index is 0.00000200. The van der Waals surface area contributed by atoms with E-state index >= 15 is 0 Å². The summed E-state index contributed by atoms with van der Waals surface area (Å²) in [6.45, 7) is 4.02. The van der Waals surface area contributed by atoms with Crippen LogP contribution in [0.15, 0.2) is 48.5 Å². The van der Waals surface area contributed by atoms with E-state index in [1.165, 1.54) is 0 Å². The molecule has 0 N–H and O–H groups in total. The smallest absolute Gasteiger partial charge is 0.665 e. The van der Waals surface area contributed by atoms with Crippen LogP contribution < -0.4 is 38.6 Å². The van der Waals surface area contributed by atoms with Crippen LogP contribution in [-0.2, 0) is 24.1 Å². The molecule has 0 aliphatic carbocycles. The molecule has 0 amide bonds. The first-order valence-electron chi connectivity index (χ1n) is 5.78. The average molecular weight is 332 g/mol. The van der Waals surface area contributed by atoms with Crippen molar-refractivity contribution in [2.75, 3.05) is 0 Å². The normalized spacial score (nSPS) is 10.6. The Morgan fingerprint density at radius 2 is 1.10 bits per heavy atom. The molecule has 2 aromatic carbocycles. The molecule has 2 nitrogen and oxygen atoms in total. The van der Waals surface area contributed by atoms with E-state index in [1.54, 1.807) is 0 Å². The average Bonchev–Trinajstić information content (AvgIpc) is 2.34. The Bertz CT molecular complexity index is 548. The molecule has 100 valence electrons. The predicted octanol–water partition coefficient (Wildman–Crippen LogP) is 1.54. The van der Waals surface area contributed by atoms with Crippen LogP contribution in [0.3, 0.4) is 0 Å². The molecule has 0 saturated carbocycles. The Morgan fingerprint density at radius 3 is 1.40 bits per heavy atom. The molecule has 2 rings (SSSR count). The molecule has 0 aliphatic rings. The SMILES string of the molecule is Cc1ccc(OP(=S)([S-])Oc2ccc(C)cc2)cc1.[Na+]. The van der Waals surface area contributed by atoms with E-state index in [4.69, 9.17) is 33.1 Å². The fourth-order valence-electron chi connectivity index (χ4n) is 1.48. The monoisotopic (exact) mass is 332 g/mol. The van der Waals surface area contributed by atoms with Gasteiger partial charge in [-0.25, -0.2) is 0 Å². The second-order valence-corrected chi connectivity index (χ2v) is 9.09. The second-order valence-electron chi connectivity index (χ2n) is 4.26. The van der Waals surface area contributed by atoms with Gasteiger partial charge in [0.15, 0.2) is 5.69 Å². The molecule has 0 unspecified atom stereocenters. The van der Waals surface area contributed by atoms with Crippen molar-refractivity contribution in [3.63, 3.8) is 0 Å². The summed E-state index contributed by atoms with van der Waals surface area (Å²) in [6, 6.07) is 15.2. The Labute approximate surface area is 152 Å². The van der Waals surface area contributed by atoms with Crippen LogP contribution in [0.2, 0.25) is 0 Å². The summed E-state index contributed by atoms with van der Waals surface area (Å²) in [6.07, 6.45) is 0. The summed E-state index contributed by atoms with van der Waals surface area (Å²) in [4.78, 5) is 0. The minimum absolute atomic E-state index is 0. The Kier molecular flexibility index (Phi) is 7.13. The van der Waals surface area contributed by atoms with Crippen LogP contribution in [-0.4, -0.2) is 0 Å². The third-order valence-electron chi connectivity index (χ3n) is 2.48. The van der Waals surface area contributed by atoms with Gasteiger partial charge in [0, 0.05) is 0 Å². The first-order chi connectivity index (χ1) is 8.94. The summed E-state index contributed by atoms with van der Waals surface area (Å²) in [7, 11) is 0. The molecular formula is C14H14NaO2PS2. The quantitative estimate of drug-likeness (QED) is 0.480. The summed E-state index contributed by atoms with van der Waals surface area (Å²) in [5.74, 6) is 1.30. The molecule has 0 aromatic heterocycles. The molecule has 6 heteroatoms. The molecule has 0 atom stereocenters. The van der Waals surface area contributed by atoms with Gasteiger partial charge in [0.25, 0.3) is 0 Å². The van der Waals surface area contributed by atoms with Gasteiger partial charge in [-0.15, -0.1) is 0 Å². The third kappa shape index (κ3) is 5.80. The largest absolute Gasteiger partial charge is 1.00 e. The van der Waals surface area contributed by atoms with Gasteiger partial charge in [0.05, 0.1) is 0 Å². The van der Waals surface area contributed by atoms with Crippen LogP contribution >= 0.6 is 5.69 Å². The fourth-order valence-corrected chi connectivity index (χ4v) is 3.30. The van der Waals surface area contributed by atoms with E-state index < -0.39 is 5.69 Å². The Morgan fingerprint density at radius 1 is 0.800 bits per heavy atom. The summed E-state index contributed by atoms with van der Waals surface area (Å²) in [5, 5.41) is 0. The van der Waals surface area contributed by atoms with Crippen LogP contribution in [0.5, 0.6) is 11.5 Å². The molecule has 0 heterocycles. The maximum atomic E-state index is 5.61. The predicted molar refractivity (Wildman–Crippen MR) is 85.3 cm³/mol. The molecule has 0 bridgehead atoms. The van der Waals surface area contributed by atoms with Gasteiger partial charge in [-0.3, -0.25) is 0 Å². The molecule has 20 heavy (non-hydrogen) atoms. The summed E-state index contributed by atoms with van der Waals surface area (Å²) in [5.41, 5.74) is -0.436. The molecular weight excluding hydrogens is 318 g/mol. The number of hydrogen-bond donors (Lipinski definition) is 0. The van der Waals surface area contributed by atoms with E-state index in [0.29, 0.717) is 11.5 Å². The van der Waals surface area contributed by atoms with Gasteiger partial charge in [0.1, 0.15) is 11.5 Å². The van der Waals surface area contributed by atoms with Crippen LogP contribution in [0.4, 0.5) is 0 Å². The van der Waals surface area contributed by atoms with Gasteiger partial charge in [-0.2, -0.15) is 0 Å². The van der Waals surface area contributed by atoms with E-state index in [2.05, 4.69) is 0 Å². The van der Waals surface area contributed by atoms with Gasteiger partial charge in [-0.1, -0.05) is 35.4 Å². The van der Waals surface area contributed by atoms with Crippen LogP contribution in [0.25, 0.3) is 0 Å². The van der Waals surface area contributed by atoms with Crippen LogP contribution in [0, 0.1) is 13.8 Å². The first kappa shape index (κ1) is 18.1. The van der Waals surface area contributed by atoms with Gasteiger partial charge in [-0.05, 0) is 49.9 Å². The van der Waals surface area contributed by atoms with Crippen molar-refractivity contribution in [2.24, 2.45) is 0 Å². The van der Waals surface area contributed by atoms with Crippen LogP contribution in [0.1, 0.15) is 11.1 Å². The minimum Gasteiger partial charge on any atom is -0.665 e. The molecule has 0 spiro atoms. The number of rotatable bonds is 4. The second kappa shape index (κ2) is 7.88. The Hall–Kier alpha value is 0.0400.